The van der Waals surface area contributed by atoms with E-state index in [0.717, 1.165) is 4.88 Å². The highest BCUT2D eigenvalue weighted by Crippen LogP contribution is 2.28. The lowest BCUT2D eigenvalue weighted by atomic mass is 9.84. The summed E-state index contributed by atoms with van der Waals surface area (Å²) < 4.78 is 5.29. The van der Waals surface area contributed by atoms with Crippen molar-refractivity contribution in [2.24, 2.45) is 5.92 Å². The summed E-state index contributed by atoms with van der Waals surface area (Å²) in [6.07, 6.45) is 1.15. The maximum absolute atomic E-state index is 12.7. The smallest absolute Gasteiger partial charge is 0.264 e. The van der Waals surface area contributed by atoms with E-state index in [0.29, 0.717) is 45.4 Å². The van der Waals surface area contributed by atoms with Crippen LogP contribution in [-0.2, 0) is 9.53 Å². The number of carbonyl (C=O) groups is 2. The highest BCUT2D eigenvalue weighted by atomic mass is 32.1. The SMILES string of the molecule is CO[C@@H]1C[C@H](C(=O)N2CCN(C(=O)c3cccs3)CC2)CC[C@@H]1O. The summed E-state index contributed by atoms with van der Waals surface area (Å²) in [5.74, 6) is 0.0994. The number of hydrogen-bond donors (Lipinski definition) is 1. The molecule has 1 N–H and O–H groups in total. The number of hydrogen-bond acceptors (Lipinski definition) is 5. The van der Waals surface area contributed by atoms with Gasteiger partial charge in [0.1, 0.15) is 0 Å². The molecule has 132 valence electrons. The number of carbonyl (C=O) groups excluding carboxylic acids is 2. The Bertz CT molecular complexity index is 569. The van der Waals surface area contributed by atoms with Crippen molar-refractivity contribution < 1.29 is 19.4 Å². The van der Waals surface area contributed by atoms with Gasteiger partial charge in [-0.05, 0) is 30.7 Å². The van der Waals surface area contributed by atoms with Gasteiger partial charge in [0.05, 0.1) is 17.1 Å². The summed E-state index contributed by atoms with van der Waals surface area (Å²) in [6, 6.07) is 3.71. The quantitative estimate of drug-likeness (QED) is 0.888. The van der Waals surface area contributed by atoms with Crippen molar-refractivity contribution in [1.82, 2.24) is 9.80 Å². The molecular weight excluding hydrogens is 328 g/mol. The predicted molar refractivity (Wildman–Crippen MR) is 90.9 cm³/mol. The van der Waals surface area contributed by atoms with Crippen LogP contribution in [0.5, 0.6) is 0 Å². The molecule has 1 aromatic rings. The lowest BCUT2D eigenvalue weighted by Gasteiger charge is -2.38. The van der Waals surface area contributed by atoms with E-state index < -0.39 is 6.10 Å². The van der Waals surface area contributed by atoms with Crippen LogP contribution in [0, 0.1) is 5.92 Å². The zero-order valence-electron chi connectivity index (χ0n) is 13.9. The van der Waals surface area contributed by atoms with Crippen molar-refractivity contribution in [2.45, 2.75) is 31.5 Å². The zero-order chi connectivity index (χ0) is 17.1. The predicted octanol–water partition coefficient (Wildman–Crippen LogP) is 1.21. The summed E-state index contributed by atoms with van der Waals surface area (Å²) in [4.78, 5) is 29.5. The fourth-order valence-electron chi connectivity index (χ4n) is 3.54. The fraction of sp³-hybridized carbons (Fsp3) is 0.647. The van der Waals surface area contributed by atoms with E-state index in [1.165, 1.54) is 11.3 Å². The molecule has 2 heterocycles. The first-order chi connectivity index (χ1) is 11.6. The molecule has 2 fully saturated rings. The monoisotopic (exact) mass is 352 g/mol. The molecule has 3 rings (SSSR count). The van der Waals surface area contributed by atoms with Gasteiger partial charge < -0.3 is 19.6 Å². The van der Waals surface area contributed by atoms with Crippen LogP contribution in [0.25, 0.3) is 0 Å². The molecule has 0 bridgehead atoms. The molecule has 24 heavy (non-hydrogen) atoms. The highest BCUT2D eigenvalue weighted by Gasteiger charge is 2.36. The Morgan fingerprint density at radius 1 is 1.21 bits per heavy atom. The number of methoxy groups -OCH3 is 1. The molecule has 1 aliphatic carbocycles. The number of aliphatic hydroxyl groups is 1. The van der Waals surface area contributed by atoms with Crippen LogP contribution in [0.2, 0.25) is 0 Å². The van der Waals surface area contributed by atoms with Crippen LogP contribution in [0.4, 0.5) is 0 Å². The molecule has 7 heteroatoms. The maximum Gasteiger partial charge on any atom is 0.264 e. The second-order valence-electron chi connectivity index (χ2n) is 6.45. The molecule has 1 aromatic heterocycles. The van der Waals surface area contributed by atoms with Crippen LogP contribution in [0.1, 0.15) is 28.9 Å². The van der Waals surface area contributed by atoms with Gasteiger partial charge in [-0.2, -0.15) is 0 Å². The van der Waals surface area contributed by atoms with E-state index in [2.05, 4.69) is 0 Å². The normalized spacial score (nSPS) is 28.0. The largest absolute Gasteiger partial charge is 0.390 e. The van der Waals surface area contributed by atoms with Crippen molar-refractivity contribution >= 4 is 23.2 Å². The summed E-state index contributed by atoms with van der Waals surface area (Å²) in [6.45, 7) is 2.30. The summed E-state index contributed by atoms with van der Waals surface area (Å²) in [5.41, 5.74) is 0. The molecular formula is C17H24N2O4S. The lowest BCUT2D eigenvalue weighted by molar-refractivity contribution is -0.142. The minimum Gasteiger partial charge on any atom is -0.390 e. The molecule has 2 amide bonds. The average molecular weight is 352 g/mol. The Hall–Kier alpha value is -1.44. The Kier molecular flexibility index (Phi) is 5.53. The van der Waals surface area contributed by atoms with Crippen LogP contribution < -0.4 is 0 Å². The van der Waals surface area contributed by atoms with E-state index in [4.69, 9.17) is 4.74 Å². The Morgan fingerprint density at radius 2 is 1.92 bits per heavy atom. The third kappa shape index (κ3) is 3.63. The minimum atomic E-state index is -0.473. The minimum absolute atomic E-state index is 0.0531. The third-order valence-electron chi connectivity index (χ3n) is 5.02. The van der Waals surface area contributed by atoms with Crippen molar-refractivity contribution in [1.29, 1.82) is 0 Å². The van der Waals surface area contributed by atoms with Gasteiger partial charge in [-0.25, -0.2) is 0 Å². The van der Waals surface area contributed by atoms with E-state index >= 15 is 0 Å². The first kappa shape index (κ1) is 17.4. The van der Waals surface area contributed by atoms with Crippen LogP contribution in [-0.4, -0.2) is 72.2 Å². The molecule has 3 atom stereocenters. The summed E-state index contributed by atoms with van der Waals surface area (Å²) in [5, 5.41) is 11.8. The van der Waals surface area contributed by atoms with Gasteiger partial charge in [-0.1, -0.05) is 6.07 Å². The number of piperazine rings is 1. The van der Waals surface area contributed by atoms with Gasteiger partial charge in [-0.3, -0.25) is 9.59 Å². The molecule has 1 aliphatic heterocycles. The van der Waals surface area contributed by atoms with Gasteiger partial charge in [0.25, 0.3) is 5.91 Å². The van der Waals surface area contributed by atoms with Crippen LogP contribution >= 0.6 is 11.3 Å². The number of aliphatic hydroxyl groups excluding tert-OH is 1. The Balaban J connectivity index is 1.53. The number of nitrogens with zero attached hydrogens (tertiary/aromatic N) is 2. The van der Waals surface area contributed by atoms with E-state index in [9.17, 15) is 14.7 Å². The van der Waals surface area contributed by atoms with Crippen molar-refractivity contribution in [2.75, 3.05) is 33.3 Å². The Labute approximate surface area is 146 Å². The van der Waals surface area contributed by atoms with Crippen LogP contribution in [0.3, 0.4) is 0 Å². The standard InChI is InChI=1S/C17H24N2O4S/c1-23-14-11-12(4-5-13(14)20)16(21)18-6-8-19(9-7-18)17(22)15-3-2-10-24-15/h2-3,10,12-14,20H,4-9,11H2,1H3/t12-,13+,14-/m1/s1. The number of ether oxygens (including phenoxy) is 1. The second-order valence-corrected chi connectivity index (χ2v) is 7.39. The topological polar surface area (TPSA) is 70.1 Å². The number of rotatable bonds is 3. The molecule has 1 saturated carbocycles. The number of amides is 2. The molecule has 0 unspecified atom stereocenters. The summed E-state index contributed by atoms with van der Waals surface area (Å²) >= 11 is 1.45. The van der Waals surface area contributed by atoms with Gasteiger partial charge in [0.15, 0.2) is 0 Å². The maximum atomic E-state index is 12.7. The van der Waals surface area contributed by atoms with Gasteiger partial charge in [0.2, 0.25) is 5.91 Å². The molecule has 6 nitrogen and oxygen atoms in total. The first-order valence-corrected chi connectivity index (χ1v) is 9.30. The second kappa shape index (κ2) is 7.63. The molecule has 0 aromatic carbocycles. The average Bonchev–Trinajstić information content (AvgIpc) is 3.16. The van der Waals surface area contributed by atoms with Gasteiger partial charge >= 0.3 is 0 Å². The van der Waals surface area contributed by atoms with E-state index in [-0.39, 0.29) is 23.8 Å². The third-order valence-corrected chi connectivity index (χ3v) is 5.88. The van der Waals surface area contributed by atoms with Gasteiger partial charge in [0, 0.05) is 39.2 Å². The zero-order valence-corrected chi connectivity index (χ0v) is 14.7. The molecule has 2 aliphatic rings. The van der Waals surface area contributed by atoms with Crippen LogP contribution in [0.15, 0.2) is 17.5 Å². The molecule has 0 spiro atoms. The Morgan fingerprint density at radius 3 is 2.54 bits per heavy atom. The van der Waals surface area contributed by atoms with Crippen molar-refractivity contribution in [3.05, 3.63) is 22.4 Å². The lowest BCUT2D eigenvalue weighted by Crippen LogP contribution is -2.53. The molecule has 1 saturated heterocycles. The first-order valence-electron chi connectivity index (χ1n) is 8.42. The number of thiophene rings is 1. The summed E-state index contributed by atoms with van der Waals surface area (Å²) in [7, 11) is 1.58. The van der Waals surface area contributed by atoms with E-state index in [1.54, 1.807) is 7.11 Å². The molecule has 0 radical (unpaired) electrons. The highest BCUT2D eigenvalue weighted by molar-refractivity contribution is 7.12. The van der Waals surface area contributed by atoms with E-state index in [1.807, 2.05) is 27.3 Å². The van der Waals surface area contributed by atoms with Crippen molar-refractivity contribution in [3.8, 4) is 0 Å². The van der Waals surface area contributed by atoms with Crippen molar-refractivity contribution in [3.63, 3.8) is 0 Å². The van der Waals surface area contributed by atoms with Gasteiger partial charge in [-0.15, -0.1) is 11.3 Å². The fourth-order valence-corrected chi connectivity index (χ4v) is 4.23.